The average molecular weight is 621 g/mol. The number of rotatable bonds is 7. The second-order valence-corrected chi connectivity index (χ2v) is 12.2. The number of ether oxygens (including phenoxy) is 2. The van der Waals surface area contributed by atoms with Crippen molar-refractivity contribution in [3.63, 3.8) is 0 Å². The molecule has 2 fully saturated rings. The molecule has 0 amide bonds. The molecule has 8 nitrogen and oxygen atoms in total. The number of aromatic nitrogens is 3. The van der Waals surface area contributed by atoms with Gasteiger partial charge in [0.1, 0.15) is 18.4 Å². The lowest BCUT2D eigenvalue weighted by atomic mass is 9.87. The first kappa shape index (κ1) is 28.9. The van der Waals surface area contributed by atoms with Crippen molar-refractivity contribution in [3.05, 3.63) is 79.0 Å². The maximum atomic E-state index is 12.9. The molecule has 42 heavy (non-hydrogen) atoms. The summed E-state index contributed by atoms with van der Waals surface area (Å²) >= 11 is 7.82. The molecule has 1 aliphatic carbocycles. The van der Waals surface area contributed by atoms with Gasteiger partial charge < -0.3 is 9.47 Å². The van der Waals surface area contributed by atoms with Crippen LogP contribution in [0.15, 0.2) is 52.3 Å². The largest absolute Gasteiger partial charge is 0.489 e. The summed E-state index contributed by atoms with van der Waals surface area (Å²) in [5.74, 6) is 0.738. The lowest BCUT2D eigenvalue weighted by Crippen LogP contribution is -2.52. The van der Waals surface area contributed by atoms with Crippen molar-refractivity contribution in [3.8, 4) is 16.9 Å². The summed E-state index contributed by atoms with van der Waals surface area (Å²) in [6.07, 6.45) is -0.149. The van der Waals surface area contributed by atoms with Crippen LogP contribution in [0.3, 0.4) is 0 Å². The van der Waals surface area contributed by atoms with Crippen LogP contribution in [0.25, 0.3) is 21.3 Å². The quantitative estimate of drug-likeness (QED) is 0.286. The third-order valence-corrected chi connectivity index (χ3v) is 9.07. The van der Waals surface area contributed by atoms with Crippen LogP contribution in [0.2, 0.25) is 5.02 Å². The summed E-state index contributed by atoms with van der Waals surface area (Å²) in [7, 11) is 0. The SMILES string of the molecule is Cc1cc(Cl)cc(-c2ccnc3cc(Cn4c(=O)ccn(CC(F)(F)F)c4=O)sc23)c1OC1CC(N2CCOCC2)C1. The third-order valence-electron chi connectivity index (χ3n) is 7.71. The smallest absolute Gasteiger partial charge is 0.406 e. The molecule has 4 aromatic rings. The van der Waals surface area contributed by atoms with E-state index in [1.165, 1.54) is 11.3 Å². The molecule has 13 heteroatoms. The molecular weight excluding hydrogens is 593 g/mol. The highest BCUT2D eigenvalue weighted by atomic mass is 35.5. The molecule has 1 aromatic carbocycles. The molecule has 1 aliphatic heterocycles. The van der Waals surface area contributed by atoms with Crippen LogP contribution >= 0.6 is 22.9 Å². The van der Waals surface area contributed by atoms with Gasteiger partial charge in [0.15, 0.2) is 0 Å². The maximum absolute atomic E-state index is 12.9. The van der Waals surface area contributed by atoms with E-state index in [1.54, 1.807) is 12.3 Å². The number of pyridine rings is 1. The molecule has 1 saturated heterocycles. The summed E-state index contributed by atoms with van der Waals surface area (Å²) in [5, 5.41) is 0.553. The Hall–Kier alpha value is -3.19. The second-order valence-electron chi connectivity index (χ2n) is 10.7. The van der Waals surface area contributed by atoms with Gasteiger partial charge in [-0.15, -0.1) is 11.3 Å². The standard InChI is InChI=1S/C29H28ClF3N4O4S/c1-17-10-18(30)11-23(26(17)41-20-12-19(13-20)35-6-8-40-9-7-35)22-2-4-34-24-14-21(42-27(22)24)15-37-25(38)3-5-36(28(37)39)16-29(31,32)33/h2-5,10-11,14,19-20H,6-9,12-13,15-16H2,1H3. The number of aryl methyl sites for hydroxylation is 1. The van der Waals surface area contributed by atoms with Gasteiger partial charge in [0.25, 0.3) is 5.56 Å². The Kier molecular flexibility index (Phi) is 7.90. The number of hydrogen-bond donors (Lipinski definition) is 0. The number of benzene rings is 1. The van der Waals surface area contributed by atoms with Gasteiger partial charge in [-0.25, -0.2) is 4.79 Å². The van der Waals surface area contributed by atoms with Gasteiger partial charge in [0.2, 0.25) is 0 Å². The minimum Gasteiger partial charge on any atom is -0.489 e. The predicted octanol–water partition coefficient (Wildman–Crippen LogP) is 5.10. The zero-order chi connectivity index (χ0) is 29.6. The van der Waals surface area contributed by atoms with Crippen molar-refractivity contribution in [2.45, 2.75) is 51.2 Å². The van der Waals surface area contributed by atoms with Gasteiger partial charge >= 0.3 is 11.9 Å². The Bertz CT molecular complexity index is 1740. The Balaban J connectivity index is 1.30. The lowest BCUT2D eigenvalue weighted by molar-refractivity contribution is -0.141. The Labute approximate surface area is 247 Å². The molecule has 0 unspecified atom stereocenters. The van der Waals surface area contributed by atoms with Gasteiger partial charge in [-0.3, -0.25) is 23.8 Å². The van der Waals surface area contributed by atoms with E-state index >= 15 is 0 Å². The first-order valence-corrected chi connectivity index (χ1v) is 14.8. The van der Waals surface area contributed by atoms with E-state index in [0.29, 0.717) is 26.0 Å². The fourth-order valence-corrected chi connectivity index (χ4v) is 6.98. The average Bonchev–Trinajstić information content (AvgIpc) is 3.33. The van der Waals surface area contributed by atoms with E-state index in [0.717, 1.165) is 83.1 Å². The van der Waals surface area contributed by atoms with Crippen LogP contribution in [0.4, 0.5) is 13.2 Å². The minimum atomic E-state index is -4.60. The summed E-state index contributed by atoms with van der Waals surface area (Å²) in [6.45, 7) is 3.68. The zero-order valence-electron chi connectivity index (χ0n) is 22.7. The van der Waals surface area contributed by atoms with Crippen LogP contribution in [-0.4, -0.2) is 63.6 Å². The number of thiophene rings is 1. The zero-order valence-corrected chi connectivity index (χ0v) is 24.3. The number of fused-ring (bicyclic) bond motifs is 1. The molecule has 0 atom stereocenters. The minimum absolute atomic E-state index is 0.0662. The summed E-state index contributed by atoms with van der Waals surface area (Å²) in [6, 6.07) is 8.77. The number of halogens is 4. The second kappa shape index (κ2) is 11.5. The third kappa shape index (κ3) is 5.98. The van der Waals surface area contributed by atoms with Crippen molar-refractivity contribution in [1.29, 1.82) is 0 Å². The molecule has 0 radical (unpaired) electrons. The first-order valence-electron chi connectivity index (χ1n) is 13.6. The number of hydrogen-bond acceptors (Lipinski definition) is 7. The summed E-state index contributed by atoms with van der Waals surface area (Å²) < 4.78 is 53.0. The van der Waals surface area contributed by atoms with Crippen LogP contribution in [-0.2, 0) is 17.8 Å². The normalized spacial score (nSPS) is 19.6. The van der Waals surface area contributed by atoms with Crippen LogP contribution in [0.5, 0.6) is 5.75 Å². The monoisotopic (exact) mass is 620 g/mol. The van der Waals surface area contributed by atoms with Crippen molar-refractivity contribution in [2.24, 2.45) is 0 Å². The highest BCUT2D eigenvalue weighted by Crippen LogP contribution is 2.43. The Morgan fingerprint density at radius 1 is 1.12 bits per heavy atom. The van der Waals surface area contributed by atoms with Gasteiger partial charge in [-0.05, 0) is 36.8 Å². The summed E-state index contributed by atoms with van der Waals surface area (Å²) in [5.41, 5.74) is 1.46. The van der Waals surface area contributed by atoms with Crippen LogP contribution in [0, 0.1) is 6.92 Å². The number of alkyl halides is 3. The Morgan fingerprint density at radius 3 is 2.62 bits per heavy atom. The first-order chi connectivity index (χ1) is 20.1. The summed E-state index contributed by atoms with van der Waals surface area (Å²) in [4.78, 5) is 32.7. The molecule has 1 saturated carbocycles. The van der Waals surface area contributed by atoms with Gasteiger partial charge in [-0.2, -0.15) is 13.2 Å². The van der Waals surface area contributed by atoms with Crippen molar-refractivity contribution in [1.82, 2.24) is 19.0 Å². The topological polar surface area (TPSA) is 78.6 Å². The number of morpholine rings is 1. The van der Waals surface area contributed by atoms with Crippen LogP contribution in [0.1, 0.15) is 23.3 Å². The van der Waals surface area contributed by atoms with Gasteiger partial charge in [0.05, 0.1) is 30.0 Å². The maximum Gasteiger partial charge on any atom is 0.406 e. The molecule has 0 bridgehead atoms. The van der Waals surface area contributed by atoms with E-state index in [-0.39, 0.29) is 12.6 Å². The lowest BCUT2D eigenvalue weighted by Gasteiger charge is -2.44. The molecule has 0 spiro atoms. The van der Waals surface area contributed by atoms with Gasteiger partial charge in [-0.1, -0.05) is 11.6 Å². The molecule has 2 aliphatic rings. The molecule has 0 N–H and O–H groups in total. The predicted molar refractivity (Wildman–Crippen MR) is 155 cm³/mol. The fourth-order valence-electron chi connectivity index (χ4n) is 5.58. The van der Waals surface area contributed by atoms with E-state index in [2.05, 4.69) is 9.88 Å². The van der Waals surface area contributed by atoms with E-state index < -0.39 is 24.0 Å². The van der Waals surface area contributed by atoms with Crippen molar-refractivity contribution >= 4 is 33.2 Å². The van der Waals surface area contributed by atoms with Crippen molar-refractivity contribution in [2.75, 3.05) is 26.3 Å². The van der Waals surface area contributed by atoms with E-state index in [9.17, 15) is 22.8 Å². The molecule has 4 heterocycles. The molecule has 6 rings (SSSR count). The van der Waals surface area contributed by atoms with Gasteiger partial charge in [0, 0.05) is 71.5 Å². The Morgan fingerprint density at radius 2 is 1.88 bits per heavy atom. The molecule has 222 valence electrons. The van der Waals surface area contributed by atoms with E-state index in [1.807, 2.05) is 25.1 Å². The van der Waals surface area contributed by atoms with Crippen LogP contribution < -0.4 is 16.0 Å². The molecular formula is C29H28ClF3N4O4S. The highest BCUT2D eigenvalue weighted by Gasteiger charge is 2.36. The van der Waals surface area contributed by atoms with Crippen molar-refractivity contribution < 1.29 is 22.6 Å². The number of nitrogens with zero attached hydrogens (tertiary/aromatic N) is 4. The highest BCUT2D eigenvalue weighted by molar-refractivity contribution is 7.19. The van der Waals surface area contributed by atoms with E-state index in [4.69, 9.17) is 21.1 Å². The fraction of sp³-hybridized carbons (Fsp3) is 0.414. The molecule has 3 aromatic heterocycles.